The molecule has 0 spiro atoms. The van der Waals surface area contributed by atoms with Gasteiger partial charge in [0.25, 0.3) is 0 Å². The molecule has 86 valence electrons. The lowest BCUT2D eigenvalue weighted by atomic mass is 10.1. The van der Waals surface area contributed by atoms with Crippen molar-refractivity contribution in [2.45, 2.75) is 13.3 Å². The van der Waals surface area contributed by atoms with E-state index in [1.54, 1.807) is 24.1 Å². The van der Waals surface area contributed by atoms with Crippen LogP contribution < -0.4 is 0 Å². The molecular formula is C12H15NO3. The van der Waals surface area contributed by atoms with Gasteiger partial charge >= 0.3 is 5.97 Å². The third kappa shape index (κ3) is 3.08. The van der Waals surface area contributed by atoms with Gasteiger partial charge in [-0.25, -0.2) is 4.79 Å². The van der Waals surface area contributed by atoms with E-state index in [1.807, 2.05) is 6.92 Å². The Bertz CT molecular complexity index is 384. The average Bonchev–Trinajstić information content (AvgIpc) is 2.28. The van der Waals surface area contributed by atoms with Gasteiger partial charge in [0.2, 0.25) is 5.91 Å². The Balaban J connectivity index is 2.69. The standard InChI is InChI=1S/C12H15NO3/c1-3-13(2)11(14)8-9-4-6-10(7-5-9)12(15)16/h4-7H,3,8H2,1-2H3,(H,15,16). The third-order valence-electron chi connectivity index (χ3n) is 2.46. The van der Waals surface area contributed by atoms with Crippen LogP contribution in [-0.4, -0.2) is 35.5 Å². The topological polar surface area (TPSA) is 57.6 Å². The van der Waals surface area contributed by atoms with Crippen molar-refractivity contribution in [1.29, 1.82) is 0 Å². The largest absolute Gasteiger partial charge is 0.478 e. The van der Waals surface area contributed by atoms with Crippen LogP contribution in [0.15, 0.2) is 24.3 Å². The van der Waals surface area contributed by atoms with Gasteiger partial charge < -0.3 is 10.0 Å². The number of hydrogen-bond donors (Lipinski definition) is 1. The molecule has 0 heterocycles. The predicted octanol–water partition coefficient (Wildman–Crippen LogP) is 1.41. The number of carbonyl (C=O) groups is 2. The Morgan fingerprint density at radius 3 is 2.25 bits per heavy atom. The summed E-state index contributed by atoms with van der Waals surface area (Å²) in [5.74, 6) is -0.922. The van der Waals surface area contributed by atoms with E-state index in [0.29, 0.717) is 13.0 Å². The number of aromatic carboxylic acids is 1. The maximum absolute atomic E-state index is 11.6. The minimum absolute atomic E-state index is 0.0329. The lowest BCUT2D eigenvalue weighted by Crippen LogP contribution is -2.27. The number of nitrogens with zero attached hydrogens (tertiary/aromatic N) is 1. The van der Waals surface area contributed by atoms with E-state index >= 15 is 0 Å². The first kappa shape index (κ1) is 12.2. The number of carbonyl (C=O) groups excluding carboxylic acids is 1. The van der Waals surface area contributed by atoms with Gasteiger partial charge in [0.05, 0.1) is 12.0 Å². The van der Waals surface area contributed by atoms with Gasteiger partial charge in [0, 0.05) is 13.6 Å². The lowest BCUT2D eigenvalue weighted by Gasteiger charge is -2.14. The number of hydrogen-bond acceptors (Lipinski definition) is 2. The summed E-state index contributed by atoms with van der Waals surface area (Å²) in [5.41, 5.74) is 1.07. The summed E-state index contributed by atoms with van der Waals surface area (Å²) in [5, 5.41) is 8.71. The zero-order valence-corrected chi connectivity index (χ0v) is 9.43. The van der Waals surface area contributed by atoms with Crippen LogP contribution in [0.2, 0.25) is 0 Å². The fourth-order valence-corrected chi connectivity index (χ4v) is 1.25. The Hall–Kier alpha value is -1.84. The Morgan fingerprint density at radius 2 is 1.81 bits per heavy atom. The Kier molecular flexibility index (Phi) is 4.05. The van der Waals surface area contributed by atoms with Crippen LogP contribution >= 0.6 is 0 Å². The van der Waals surface area contributed by atoms with Gasteiger partial charge in [-0.05, 0) is 24.6 Å². The second-order valence-electron chi connectivity index (χ2n) is 3.59. The highest BCUT2D eigenvalue weighted by Crippen LogP contribution is 2.06. The van der Waals surface area contributed by atoms with Crippen LogP contribution in [0.1, 0.15) is 22.8 Å². The molecule has 1 aromatic rings. The van der Waals surface area contributed by atoms with E-state index in [4.69, 9.17) is 5.11 Å². The minimum Gasteiger partial charge on any atom is -0.478 e. The number of rotatable bonds is 4. The van der Waals surface area contributed by atoms with Crippen molar-refractivity contribution in [3.8, 4) is 0 Å². The quantitative estimate of drug-likeness (QED) is 0.836. The second-order valence-corrected chi connectivity index (χ2v) is 3.59. The Morgan fingerprint density at radius 1 is 1.25 bits per heavy atom. The minimum atomic E-state index is -0.955. The molecule has 0 fully saturated rings. The smallest absolute Gasteiger partial charge is 0.335 e. The summed E-state index contributed by atoms with van der Waals surface area (Å²) in [6, 6.07) is 6.36. The summed E-state index contributed by atoms with van der Waals surface area (Å²) in [6.07, 6.45) is 0.310. The molecule has 0 aliphatic rings. The number of carboxylic acids is 1. The molecule has 0 bridgehead atoms. The van der Waals surface area contributed by atoms with Gasteiger partial charge in [0.1, 0.15) is 0 Å². The molecule has 1 aromatic carbocycles. The first-order chi connectivity index (χ1) is 7.54. The van der Waals surface area contributed by atoms with E-state index in [9.17, 15) is 9.59 Å². The van der Waals surface area contributed by atoms with Crippen molar-refractivity contribution >= 4 is 11.9 Å². The van der Waals surface area contributed by atoms with Gasteiger partial charge in [-0.1, -0.05) is 12.1 Å². The molecule has 16 heavy (non-hydrogen) atoms. The molecule has 0 saturated heterocycles. The summed E-state index contributed by atoms with van der Waals surface area (Å²) in [7, 11) is 1.74. The van der Waals surface area contributed by atoms with E-state index in [1.165, 1.54) is 12.1 Å². The average molecular weight is 221 g/mol. The van der Waals surface area contributed by atoms with Gasteiger partial charge in [-0.2, -0.15) is 0 Å². The van der Waals surface area contributed by atoms with Crippen LogP contribution in [0.3, 0.4) is 0 Å². The highest BCUT2D eigenvalue weighted by Gasteiger charge is 2.08. The molecule has 0 aliphatic carbocycles. The molecule has 4 heteroatoms. The molecule has 1 rings (SSSR count). The summed E-state index contributed by atoms with van der Waals surface area (Å²) in [4.78, 5) is 23.8. The van der Waals surface area contributed by atoms with Crippen molar-refractivity contribution < 1.29 is 14.7 Å². The van der Waals surface area contributed by atoms with Crippen LogP contribution in [0.4, 0.5) is 0 Å². The fourth-order valence-electron chi connectivity index (χ4n) is 1.25. The van der Waals surface area contributed by atoms with Crippen molar-refractivity contribution in [2.75, 3.05) is 13.6 Å². The first-order valence-corrected chi connectivity index (χ1v) is 5.10. The molecule has 0 atom stereocenters. The second kappa shape index (κ2) is 5.30. The summed E-state index contributed by atoms with van der Waals surface area (Å²) < 4.78 is 0. The lowest BCUT2D eigenvalue weighted by molar-refractivity contribution is -0.128. The van der Waals surface area contributed by atoms with Gasteiger partial charge in [-0.15, -0.1) is 0 Å². The zero-order chi connectivity index (χ0) is 12.1. The summed E-state index contributed by atoms with van der Waals surface area (Å²) >= 11 is 0. The van der Waals surface area contributed by atoms with E-state index in [-0.39, 0.29) is 11.5 Å². The number of benzene rings is 1. The normalized spacial score (nSPS) is 9.88. The number of carboxylic acid groups (broad SMARTS) is 1. The van der Waals surface area contributed by atoms with E-state index in [0.717, 1.165) is 5.56 Å². The number of amides is 1. The fraction of sp³-hybridized carbons (Fsp3) is 0.333. The van der Waals surface area contributed by atoms with E-state index in [2.05, 4.69) is 0 Å². The van der Waals surface area contributed by atoms with Gasteiger partial charge in [0.15, 0.2) is 0 Å². The first-order valence-electron chi connectivity index (χ1n) is 5.10. The number of likely N-dealkylation sites (N-methyl/N-ethyl adjacent to an activating group) is 1. The predicted molar refractivity (Wildman–Crippen MR) is 60.4 cm³/mol. The molecule has 0 aromatic heterocycles. The molecule has 0 aliphatic heterocycles. The molecular weight excluding hydrogens is 206 g/mol. The third-order valence-corrected chi connectivity index (χ3v) is 2.46. The maximum Gasteiger partial charge on any atom is 0.335 e. The van der Waals surface area contributed by atoms with Crippen molar-refractivity contribution in [1.82, 2.24) is 4.90 Å². The Labute approximate surface area is 94.5 Å². The van der Waals surface area contributed by atoms with Crippen LogP contribution in [-0.2, 0) is 11.2 Å². The molecule has 4 nitrogen and oxygen atoms in total. The monoisotopic (exact) mass is 221 g/mol. The van der Waals surface area contributed by atoms with Gasteiger partial charge in [-0.3, -0.25) is 4.79 Å². The molecule has 0 saturated carbocycles. The molecule has 1 amide bonds. The molecule has 0 radical (unpaired) electrons. The SMILES string of the molecule is CCN(C)C(=O)Cc1ccc(C(=O)O)cc1. The van der Waals surface area contributed by atoms with Crippen molar-refractivity contribution in [3.05, 3.63) is 35.4 Å². The van der Waals surface area contributed by atoms with Crippen molar-refractivity contribution in [3.63, 3.8) is 0 Å². The molecule has 1 N–H and O–H groups in total. The van der Waals surface area contributed by atoms with Crippen LogP contribution in [0, 0.1) is 0 Å². The maximum atomic E-state index is 11.6. The van der Waals surface area contributed by atoms with E-state index < -0.39 is 5.97 Å². The highest BCUT2D eigenvalue weighted by atomic mass is 16.4. The molecule has 0 unspecified atom stereocenters. The van der Waals surface area contributed by atoms with Crippen LogP contribution in [0.25, 0.3) is 0 Å². The zero-order valence-electron chi connectivity index (χ0n) is 9.43. The van der Waals surface area contributed by atoms with Crippen molar-refractivity contribution in [2.24, 2.45) is 0 Å². The summed E-state index contributed by atoms with van der Waals surface area (Å²) in [6.45, 7) is 2.58. The highest BCUT2D eigenvalue weighted by molar-refractivity contribution is 5.87. The van der Waals surface area contributed by atoms with Crippen LogP contribution in [0.5, 0.6) is 0 Å².